The van der Waals surface area contributed by atoms with Gasteiger partial charge in [0.25, 0.3) is 0 Å². The highest BCUT2D eigenvalue weighted by Gasteiger charge is 2.19. The molecule has 0 spiro atoms. The zero-order valence-corrected chi connectivity index (χ0v) is 12.7. The zero-order valence-electron chi connectivity index (χ0n) is 12.7. The molecule has 18 heavy (non-hydrogen) atoms. The van der Waals surface area contributed by atoms with Crippen molar-refractivity contribution >= 4 is 0 Å². The van der Waals surface area contributed by atoms with Crippen LogP contribution in [0, 0.1) is 0 Å². The molecule has 0 amide bonds. The third-order valence-corrected chi connectivity index (χ3v) is 3.97. The summed E-state index contributed by atoms with van der Waals surface area (Å²) in [4.78, 5) is 5.28. The fourth-order valence-corrected chi connectivity index (χ4v) is 2.75. The summed E-state index contributed by atoms with van der Waals surface area (Å²) in [7, 11) is 0. The van der Waals surface area contributed by atoms with Gasteiger partial charge in [0.1, 0.15) is 0 Å². The topological polar surface area (TPSA) is 18.5 Å². The van der Waals surface area contributed by atoms with Crippen LogP contribution in [0.1, 0.15) is 46.5 Å². The van der Waals surface area contributed by atoms with E-state index in [4.69, 9.17) is 0 Å². The molecule has 0 aromatic carbocycles. The van der Waals surface area contributed by atoms with Gasteiger partial charge in [0, 0.05) is 32.2 Å². The standard InChI is InChI=1S/C15H33N3/c1-4-8-16-9-6-7-15(3)18-13-11-17(10-5-2)12-14-18/h15-16H,4-14H2,1-3H3. The Balaban J connectivity index is 2.06. The van der Waals surface area contributed by atoms with E-state index < -0.39 is 0 Å². The van der Waals surface area contributed by atoms with Crippen molar-refractivity contribution in [1.29, 1.82) is 0 Å². The minimum atomic E-state index is 0.761. The number of nitrogens with zero attached hydrogens (tertiary/aromatic N) is 2. The highest BCUT2D eigenvalue weighted by Crippen LogP contribution is 2.10. The van der Waals surface area contributed by atoms with E-state index >= 15 is 0 Å². The summed E-state index contributed by atoms with van der Waals surface area (Å²) in [5.41, 5.74) is 0. The molecule has 0 saturated carbocycles. The molecule has 1 unspecified atom stereocenters. The Morgan fingerprint density at radius 2 is 1.72 bits per heavy atom. The van der Waals surface area contributed by atoms with Crippen molar-refractivity contribution in [2.75, 3.05) is 45.8 Å². The van der Waals surface area contributed by atoms with E-state index in [1.165, 1.54) is 71.5 Å². The maximum Gasteiger partial charge on any atom is 0.0113 e. The van der Waals surface area contributed by atoms with E-state index in [0.717, 1.165) is 6.04 Å². The molecule has 0 aromatic rings. The van der Waals surface area contributed by atoms with Crippen LogP contribution in [0.4, 0.5) is 0 Å². The predicted octanol–water partition coefficient (Wildman–Crippen LogP) is 2.18. The van der Waals surface area contributed by atoms with Crippen LogP contribution in [0.2, 0.25) is 0 Å². The SMILES string of the molecule is CCCNCCCC(C)N1CCN(CCC)CC1. The van der Waals surface area contributed by atoms with Crippen LogP contribution in [0.15, 0.2) is 0 Å². The van der Waals surface area contributed by atoms with Crippen molar-refractivity contribution in [3.63, 3.8) is 0 Å². The van der Waals surface area contributed by atoms with Crippen LogP contribution in [-0.4, -0.2) is 61.7 Å². The third-order valence-electron chi connectivity index (χ3n) is 3.97. The molecule has 1 saturated heterocycles. The van der Waals surface area contributed by atoms with Crippen molar-refractivity contribution in [1.82, 2.24) is 15.1 Å². The van der Waals surface area contributed by atoms with Crippen LogP contribution in [0.25, 0.3) is 0 Å². The Morgan fingerprint density at radius 1 is 1.00 bits per heavy atom. The van der Waals surface area contributed by atoms with Crippen LogP contribution in [0.5, 0.6) is 0 Å². The Bertz CT molecular complexity index is 188. The van der Waals surface area contributed by atoms with Crippen molar-refractivity contribution in [2.24, 2.45) is 0 Å². The van der Waals surface area contributed by atoms with Gasteiger partial charge in [-0.15, -0.1) is 0 Å². The summed E-state index contributed by atoms with van der Waals surface area (Å²) in [6.45, 7) is 15.6. The van der Waals surface area contributed by atoms with Crippen molar-refractivity contribution in [3.05, 3.63) is 0 Å². The van der Waals surface area contributed by atoms with E-state index in [0.29, 0.717) is 0 Å². The number of piperazine rings is 1. The predicted molar refractivity (Wildman–Crippen MR) is 80.2 cm³/mol. The first kappa shape index (κ1) is 15.9. The van der Waals surface area contributed by atoms with E-state index in [9.17, 15) is 0 Å². The van der Waals surface area contributed by atoms with Gasteiger partial charge in [-0.2, -0.15) is 0 Å². The average molecular weight is 255 g/mol. The molecule has 1 rings (SSSR count). The zero-order chi connectivity index (χ0) is 13.2. The van der Waals surface area contributed by atoms with Gasteiger partial charge in [-0.1, -0.05) is 13.8 Å². The monoisotopic (exact) mass is 255 g/mol. The average Bonchev–Trinajstić information content (AvgIpc) is 2.39. The first-order valence-corrected chi connectivity index (χ1v) is 7.95. The summed E-state index contributed by atoms with van der Waals surface area (Å²) in [5, 5.41) is 3.49. The van der Waals surface area contributed by atoms with Gasteiger partial charge < -0.3 is 10.2 Å². The van der Waals surface area contributed by atoms with Crippen LogP contribution < -0.4 is 5.32 Å². The van der Waals surface area contributed by atoms with Gasteiger partial charge in [-0.3, -0.25) is 4.90 Å². The lowest BCUT2D eigenvalue weighted by Gasteiger charge is -2.38. The highest BCUT2D eigenvalue weighted by molar-refractivity contribution is 4.76. The van der Waals surface area contributed by atoms with Gasteiger partial charge in [-0.05, 0) is 52.2 Å². The third kappa shape index (κ3) is 6.17. The van der Waals surface area contributed by atoms with E-state index in [-0.39, 0.29) is 0 Å². The summed E-state index contributed by atoms with van der Waals surface area (Å²) < 4.78 is 0. The molecular formula is C15H33N3. The molecular weight excluding hydrogens is 222 g/mol. The van der Waals surface area contributed by atoms with E-state index in [1.54, 1.807) is 0 Å². The summed E-state index contributed by atoms with van der Waals surface area (Å²) >= 11 is 0. The van der Waals surface area contributed by atoms with E-state index in [1.807, 2.05) is 0 Å². The van der Waals surface area contributed by atoms with Gasteiger partial charge in [0.05, 0.1) is 0 Å². The molecule has 1 aliphatic heterocycles. The molecule has 1 atom stereocenters. The normalized spacial score (nSPS) is 20.2. The van der Waals surface area contributed by atoms with Crippen LogP contribution in [0.3, 0.4) is 0 Å². The fourth-order valence-electron chi connectivity index (χ4n) is 2.75. The number of nitrogens with one attached hydrogen (secondary N) is 1. The second-order valence-electron chi connectivity index (χ2n) is 5.62. The molecule has 0 aromatic heterocycles. The summed E-state index contributed by atoms with van der Waals surface area (Å²) in [5.74, 6) is 0. The second-order valence-corrected chi connectivity index (χ2v) is 5.62. The fraction of sp³-hybridized carbons (Fsp3) is 1.00. The molecule has 0 bridgehead atoms. The first-order chi connectivity index (χ1) is 8.77. The minimum Gasteiger partial charge on any atom is -0.317 e. The van der Waals surface area contributed by atoms with Gasteiger partial charge >= 0.3 is 0 Å². The number of rotatable bonds is 9. The molecule has 1 aliphatic rings. The number of hydrogen-bond acceptors (Lipinski definition) is 3. The lowest BCUT2D eigenvalue weighted by molar-refractivity contribution is 0.0981. The molecule has 1 heterocycles. The van der Waals surface area contributed by atoms with Crippen LogP contribution >= 0.6 is 0 Å². The lowest BCUT2D eigenvalue weighted by Crippen LogP contribution is -2.49. The van der Waals surface area contributed by atoms with Gasteiger partial charge in [-0.25, -0.2) is 0 Å². The minimum absolute atomic E-state index is 0.761. The number of hydrogen-bond donors (Lipinski definition) is 1. The summed E-state index contributed by atoms with van der Waals surface area (Å²) in [6, 6.07) is 0.761. The smallest absolute Gasteiger partial charge is 0.0113 e. The molecule has 3 heteroatoms. The molecule has 1 fully saturated rings. The van der Waals surface area contributed by atoms with E-state index in [2.05, 4.69) is 35.9 Å². The van der Waals surface area contributed by atoms with Crippen molar-refractivity contribution in [3.8, 4) is 0 Å². The first-order valence-electron chi connectivity index (χ1n) is 7.95. The van der Waals surface area contributed by atoms with Crippen molar-refractivity contribution in [2.45, 2.75) is 52.5 Å². The highest BCUT2D eigenvalue weighted by atomic mass is 15.3. The Labute approximate surface area is 114 Å². The molecule has 1 N–H and O–H groups in total. The maximum absolute atomic E-state index is 3.49. The molecule has 3 nitrogen and oxygen atoms in total. The maximum atomic E-state index is 3.49. The van der Waals surface area contributed by atoms with Crippen LogP contribution in [-0.2, 0) is 0 Å². The largest absolute Gasteiger partial charge is 0.317 e. The van der Waals surface area contributed by atoms with Gasteiger partial charge in [0.2, 0.25) is 0 Å². The Hall–Kier alpha value is -0.120. The second kappa shape index (κ2) is 9.76. The Morgan fingerprint density at radius 3 is 2.33 bits per heavy atom. The summed E-state index contributed by atoms with van der Waals surface area (Å²) in [6.07, 6.45) is 5.19. The molecule has 0 aliphatic carbocycles. The quantitative estimate of drug-likeness (QED) is 0.637. The molecule has 108 valence electrons. The molecule has 0 radical (unpaired) electrons. The van der Waals surface area contributed by atoms with Gasteiger partial charge in [0.15, 0.2) is 0 Å². The Kier molecular flexibility index (Phi) is 8.64. The lowest BCUT2D eigenvalue weighted by atomic mass is 10.1. The van der Waals surface area contributed by atoms with Crippen molar-refractivity contribution < 1.29 is 0 Å².